The van der Waals surface area contributed by atoms with E-state index >= 15 is 0 Å². The number of carbonyl (C=O) groups is 1. The van der Waals surface area contributed by atoms with Gasteiger partial charge in [-0.3, -0.25) is 0 Å². The highest BCUT2D eigenvalue weighted by molar-refractivity contribution is 5.90. The van der Waals surface area contributed by atoms with E-state index in [0.717, 1.165) is 18.4 Å². The van der Waals surface area contributed by atoms with Crippen molar-refractivity contribution in [1.82, 2.24) is 0 Å². The Hall–Kier alpha value is -0.830. The fourth-order valence-electron chi connectivity index (χ4n) is 3.24. The van der Waals surface area contributed by atoms with Crippen molar-refractivity contribution in [1.29, 1.82) is 0 Å². The van der Waals surface area contributed by atoms with E-state index in [0.29, 0.717) is 23.3 Å². The second-order valence-corrected chi connectivity index (χ2v) is 6.86. The molecule has 1 saturated carbocycles. The van der Waals surface area contributed by atoms with Crippen LogP contribution in [0.15, 0.2) is 11.1 Å². The lowest BCUT2D eigenvalue weighted by Gasteiger charge is -2.37. The van der Waals surface area contributed by atoms with Crippen LogP contribution >= 0.6 is 0 Å². The average molecular weight is 282 g/mol. The Kier molecular flexibility index (Phi) is 6.25. The summed E-state index contributed by atoms with van der Waals surface area (Å²) in [7, 11) is 0. The zero-order valence-corrected chi connectivity index (χ0v) is 13.8. The molecular weight excluding hydrogens is 252 g/mol. The van der Waals surface area contributed by atoms with Gasteiger partial charge in [-0.25, -0.2) is 4.79 Å². The van der Waals surface area contributed by atoms with Gasteiger partial charge in [0.05, 0.1) is 11.7 Å². The van der Waals surface area contributed by atoms with E-state index in [1.54, 1.807) is 6.92 Å². The highest BCUT2D eigenvalue weighted by Crippen LogP contribution is 2.35. The van der Waals surface area contributed by atoms with Crippen LogP contribution in [-0.4, -0.2) is 23.3 Å². The first-order valence-electron chi connectivity index (χ1n) is 7.80. The molecule has 0 radical (unpaired) electrons. The third-order valence-electron chi connectivity index (χ3n) is 4.40. The zero-order valence-electron chi connectivity index (χ0n) is 13.8. The number of carbonyl (C=O) groups excluding carboxylic acids is 1. The van der Waals surface area contributed by atoms with Gasteiger partial charge in [-0.15, -0.1) is 0 Å². The van der Waals surface area contributed by atoms with Gasteiger partial charge in [-0.2, -0.15) is 0 Å². The summed E-state index contributed by atoms with van der Waals surface area (Å²) >= 11 is 0. The van der Waals surface area contributed by atoms with Crippen molar-refractivity contribution < 1.29 is 14.6 Å². The molecule has 1 rings (SSSR count). The predicted molar refractivity (Wildman–Crippen MR) is 81.3 cm³/mol. The van der Waals surface area contributed by atoms with Crippen molar-refractivity contribution in [3.05, 3.63) is 11.1 Å². The van der Waals surface area contributed by atoms with E-state index in [1.807, 2.05) is 13.8 Å². The molecule has 0 saturated heterocycles. The molecule has 0 heterocycles. The molecule has 1 aliphatic rings. The number of hydrogen-bond donors (Lipinski definition) is 1. The van der Waals surface area contributed by atoms with Gasteiger partial charge in [0.1, 0.15) is 6.10 Å². The lowest BCUT2D eigenvalue weighted by Crippen LogP contribution is -2.37. The fraction of sp³-hybridized carbons (Fsp3) is 0.824. The third-order valence-corrected chi connectivity index (χ3v) is 4.40. The van der Waals surface area contributed by atoms with Gasteiger partial charge >= 0.3 is 5.97 Å². The SMILES string of the molecule is CC(C)=C(C(=O)O[C@@H]1C[C@H](C)CC[C@H]1C(C)C)[C@@H](C)O. The number of hydrogen-bond acceptors (Lipinski definition) is 3. The zero-order chi connectivity index (χ0) is 15.4. The minimum atomic E-state index is -0.772. The van der Waals surface area contributed by atoms with E-state index in [9.17, 15) is 9.90 Å². The topological polar surface area (TPSA) is 46.5 Å². The summed E-state index contributed by atoms with van der Waals surface area (Å²) < 4.78 is 5.76. The van der Waals surface area contributed by atoms with E-state index in [2.05, 4.69) is 20.8 Å². The van der Waals surface area contributed by atoms with Crippen LogP contribution in [0.1, 0.15) is 60.8 Å². The number of allylic oxidation sites excluding steroid dienone is 1. The largest absolute Gasteiger partial charge is 0.459 e. The highest BCUT2D eigenvalue weighted by Gasteiger charge is 2.34. The fourth-order valence-corrected chi connectivity index (χ4v) is 3.24. The maximum absolute atomic E-state index is 12.3. The van der Waals surface area contributed by atoms with Gasteiger partial charge in [0.2, 0.25) is 0 Å². The summed E-state index contributed by atoms with van der Waals surface area (Å²) in [4.78, 5) is 12.3. The summed E-state index contributed by atoms with van der Waals surface area (Å²) in [6.07, 6.45) is 2.48. The van der Waals surface area contributed by atoms with Crippen LogP contribution in [0.4, 0.5) is 0 Å². The molecule has 1 aliphatic carbocycles. The Labute approximate surface area is 123 Å². The van der Waals surface area contributed by atoms with Crippen LogP contribution in [0.25, 0.3) is 0 Å². The summed E-state index contributed by atoms with van der Waals surface area (Å²) in [6.45, 7) is 11.9. The van der Waals surface area contributed by atoms with Gasteiger partial charge in [0.15, 0.2) is 0 Å². The van der Waals surface area contributed by atoms with Crippen molar-refractivity contribution in [2.24, 2.45) is 17.8 Å². The van der Waals surface area contributed by atoms with E-state index in [4.69, 9.17) is 4.74 Å². The van der Waals surface area contributed by atoms with Crippen molar-refractivity contribution in [3.8, 4) is 0 Å². The second kappa shape index (κ2) is 7.26. The van der Waals surface area contributed by atoms with Crippen LogP contribution in [0.3, 0.4) is 0 Å². The number of ether oxygens (including phenoxy) is 1. The summed E-state index contributed by atoms with van der Waals surface area (Å²) in [5, 5.41) is 9.75. The lowest BCUT2D eigenvalue weighted by atomic mass is 9.75. The van der Waals surface area contributed by atoms with Crippen molar-refractivity contribution in [2.75, 3.05) is 0 Å². The first kappa shape index (κ1) is 17.2. The third kappa shape index (κ3) is 4.34. The monoisotopic (exact) mass is 282 g/mol. The molecule has 0 spiro atoms. The molecule has 0 aromatic heterocycles. The Morgan fingerprint density at radius 1 is 1.20 bits per heavy atom. The highest BCUT2D eigenvalue weighted by atomic mass is 16.5. The molecule has 3 heteroatoms. The van der Waals surface area contributed by atoms with E-state index in [-0.39, 0.29) is 12.1 Å². The molecule has 1 N–H and O–H groups in total. The molecule has 0 aliphatic heterocycles. The van der Waals surface area contributed by atoms with Gasteiger partial charge in [-0.1, -0.05) is 32.8 Å². The van der Waals surface area contributed by atoms with E-state index in [1.165, 1.54) is 6.42 Å². The Morgan fingerprint density at radius 2 is 1.80 bits per heavy atom. The average Bonchev–Trinajstić information content (AvgIpc) is 2.26. The van der Waals surface area contributed by atoms with Crippen LogP contribution < -0.4 is 0 Å². The minimum Gasteiger partial charge on any atom is -0.459 e. The van der Waals surface area contributed by atoms with Gasteiger partial charge in [0, 0.05) is 0 Å². The molecule has 116 valence electrons. The van der Waals surface area contributed by atoms with Gasteiger partial charge in [0.25, 0.3) is 0 Å². The molecule has 20 heavy (non-hydrogen) atoms. The van der Waals surface area contributed by atoms with Crippen molar-refractivity contribution in [2.45, 2.75) is 73.0 Å². The summed E-state index contributed by atoms with van der Waals surface area (Å²) in [5.41, 5.74) is 1.24. The van der Waals surface area contributed by atoms with Gasteiger partial charge < -0.3 is 9.84 Å². The van der Waals surface area contributed by atoms with Gasteiger partial charge in [-0.05, 0) is 51.4 Å². The first-order valence-corrected chi connectivity index (χ1v) is 7.80. The lowest BCUT2D eigenvalue weighted by molar-refractivity contribution is -0.152. The first-order chi connectivity index (χ1) is 9.23. The van der Waals surface area contributed by atoms with Crippen LogP contribution in [0.5, 0.6) is 0 Å². The molecular formula is C17H30O3. The molecule has 0 bridgehead atoms. The Balaban J connectivity index is 2.83. The Bertz CT molecular complexity index is 364. The summed E-state index contributed by atoms with van der Waals surface area (Å²) in [5.74, 6) is 1.21. The smallest absolute Gasteiger partial charge is 0.336 e. The van der Waals surface area contributed by atoms with Crippen LogP contribution in [-0.2, 0) is 9.53 Å². The number of rotatable bonds is 4. The number of aliphatic hydroxyl groups is 1. The molecule has 1 fully saturated rings. The molecule has 0 amide bonds. The second-order valence-electron chi connectivity index (χ2n) is 6.86. The number of esters is 1. The van der Waals surface area contributed by atoms with Crippen molar-refractivity contribution >= 4 is 5.97 Å². The molecule has 0 aromatic carbocycles. The maximum atomic E-state index is 12.3. The molecule has 0 unspecified atom stereocenters. The minimum absolute atomic E-state index is 0.0145. The van der Waals surface area contributed by atoms with Crippen molar-refractivity contribution in [3.63, 3.8) is 0 Å². The normalized spacial score (nSPS) is 28.1. The maximum Gasteiger partial charge on any atom is 0.336 e. The van der Waals surface area contributed by atoms with Crippen LogP contribution in [0.2, 0.25) is 0 Å². The number of aliphatic hydroxyl groups excluding tert-OH is 1. The van der Waals surface area contributed by atoms with E-state index < -0.39 is 6.10 Å². The standard InChI is InChI=1S/C17H30O3/c1-10(2)14-8-7-12(5)9-15(14)20-17(19)16(11(3)4)13(6)18/h10,12-15,18H,7-9H2,1-6H3/t12-,13-,14+,15-/m1/s1. The van der Waals surface area contributed by atoms with Crippen LogP contribution in [0, 0.1) is 17.8 Å². The molecule has 4 atom stereocenters. The Morgan fingerprint density at radius 3 is 2.25 bits per heavy atom. The molecule has 0 aromatic rings. The molecule has 3 nitrogen and oxygen atoms in total. The summed E-state index contributed by atoms with van der Waals surface area (Å²) in [6, 6.07) is 0. The predicted octanol–water partition coefficient (Wildman–Crippen LogP) is 3.71. The quantitative estimate of drug-likeness (QED) is 0.631.